The SMILES string of the molecule is Cc1cc(N)ccc1S(=O)(=O)Nc1ccc(Br)cc1. The number of benzene rings is 2. The Balaban J connectivity index is 2.35. The first kappa shape index (κ1) is 13.9. The molecule has 2 aromatic rings. The van der Waals surface area contributed by atoms with Crippen LogP contribution in [-0.4, -0.2) is 8.42 Å². The highest BCUT2D eigenvalue weighted by molar-refractivity contribution is 9.10. The molecule has 0 amide bonds. The molecule has 0 aromatic heterocycles. The number of hydrogen-bond acceptors (Lipinski definition) is 3. The molecule has 4 nitrogen and oxygen atoms in total. The zero-order chi connectivity index (χ0) is 14.0. The Morgan fingerprint density at radius 1 is 1.11 bits per heavy atom. The maximum absolute atomic E-state index is 12.3. The molecule has 0 radical (unpaired) electrons. The second-order valence-corrected chi connectivity index (χ2v) is 6.70. The van der Waals surface area contributed by atoms with Crippen molar-refractivity contribution in [2.75, 3.05) is 10.5 Å². The lowest BCUT2D eigenvalue weighted by Gasteiger charge is -2.10. The molecule has 3 N–H and O–H groups in total. The zero-order valence-electron chi connectivity index (χ0n) is 10.2. The van der Waals surface area contributed by atoms with Gasteiger partial charge in [-0.25, -0.2) is 8.42 Å². The van der Waals surface area contributed by atoms with Gasteiger partial charge in [0.2, 0.25) is 0 Å². The molecule has 0 aliphatic rings. The number of nitrogens with one attached hydrogen (secondary N) is 1. The van der Waals surface area contributed by atoms with Gasteiger partial charge in [0.25, 0.3) is 10.0 Å². The van der Waals surface area contributed by atoms with E-state index in [0.29, 0.717) is 16.9 Å². The van der Waals surface area contributed by atoms with Crippen molar-refractivity contribution in [2.24, 2.45) is 0 Å². The van der Waals surface area contributed by atoms with Gasteiger partial charge in [0, 0.05) is 15.8 Å². The van der Waals surface area contributed by atoms with Crippen LogP contribution in [0, 0.1) is 6.92 Å². The van der Waals surface area contributed by atoms with Gasteiger partial charge in [-0.2, -0.15) is 0 Å². The third kappa shape index (κ3) is 3.27. The lowest BCUT2D eigenvalue weighted by atomic mass is 10.2. The third-order valence-corrected chi connectivity index (χ3v) is 4.66. The van der Waals surface area contributed by atoms with E-state index in [9.17, 15) is 8.42 Å². The van der Waals surface area contributed by atoms with Gasteiger partial charge >= 0.3 is 0 Å². The van der Waals surface area contributed by atoms with Gasteiger partial charge in [0.15, 0.2) is 0 Å². The first-order valence-electron chi connectivity index (χ1n) is 5.53. The second kappa shape index (κ2) is 5.22. The highest BCUT2D eigenvalue weighted by Gasteiger charge is 2.16. The predicted octanol–water partition coefficient (Wildman–Crippen LogP) is 3.14. The number of sulfonamides is 1. The number of rotatable bonds is 3. The first-order chi connectivity index (χ1) is 8.88. The average molecular weight is 341 g/mol. The molecule has 19 heavy (non-hydrogen) atoms. The molecule has 100 valence electrons. The zero-order valence-corrected chi connectivity index (χ0v) is 12.6. The van der Waals surface area contributed by atoms with E-state index in [1.54, 1.807) is 43.3 Å². The highest BCUT2D eigenvalue weighted by atomic mass is 79.9. The largest absolute Gasteiger partial charge is 0.399 e. The highest BCUT2D eigenvalue weighted by Crippen LogP contribution is 2.22. The molecule has 0 spiro atoms. The van der Waals surface area contributed by atoms with Gasteiger partial charge in [-0.15, -0.1) is 0 Å². The van der Waals surface area contributed by atoms with E-state index in [1.807, 2.05) is 0 Å². The molecule has 2 rings (SSSR count). The number of nitrogens with two attached hydrogens (primary N) is 1. The standard InChI is InChI=1S/C13H13BrN2O2S/c1-9-8-11(15)4-7-13(9)19(17,18)16-12-5-2-10(14)3-6-12/h2-8,16H,15H2,1H3. The summed E-state index contributed by atoms with van der Waals surface area (Å²) in [6.07, 6.45) is 0. The van der Waals surface area contributed by atoms with Gasteiger partial charge in [-0.1, -0.05) is 15.9 Å². The maximum atomic E-state index is 12.3. The molecule has 0 heterocycles. The smallest absolute Gasteiger partial charge is 0.262 e. The molecule has 0 atom stereocenters. The maximum Gasteiger partial charge on any atom is 0.262 e. The van der Waals surface area contributed by atoms with Crippen LogP contribution in [0.25, 0.3) is 0 Å². The van der Waals surface area contributed by atoms with E-state index in [1.165, 1.54) is 6.07 Å². The molecule has 0 aliphatic heterocycles. The first-order valence-corrected chi connectivity index (χ1v) is 7.80. The monoisotopic (exact) mass is 340 g/mol. The van der Waals surface area contributed by atoms with Crippen LogP contribution in [0.2, 0.25) is 0 Å². The predicted molar refractivity (Wildman–Crippen MR) is 80.5 cm³/mol. The van der Waals surface area contributed by atoms with E-state index < -0.39 is 10.0 Å². The quantitative estimate of drug-likeness (QED) is 0.843. The Bertz CT molecular complexity index is 697. The second-order valence-electron chi connectivity index (χ2n) is 4.14. The molecule has 0 bridgehead atoms. The number of nitrogen functional groups attached to an aromatic ring is 1. The molecule has 0 unspecified atom stereocenters. The fourth-order valence-corrected chi connectivity index (χ4v) is 3.25. The van der Waals surface area contributed by atoms with Crippen LogP contribution in [0.15, 0.2) is 51.8 Å². The molecule has 0 aliphatic carbocycles. The lowest BCUT2D eigenvalue weighted by Crippen LogP contribution is -2.14. The Labute approximate surface area is 120 Å². The van der Waals surface area contributed by atoms with Crippen molar-refractivity contribution in [3.05, 3.63) is 52.5 Å². The van der Waals surface area contributed by atoms with Crippen molar-refractivity contribution in [3.8, 4) is 0 Å². The van der Waals surface area contributed by atoms with Crippen LogP contribution in [0.3, 0.4) is 0 Å². The van der Waals surface area contributed by atoms with Crippen LogP contribution in [0.5, 0.6) is 0 Å². The van der Waals surface area contributed by atoms with E-state index in [2.05, 4.69) is 20.7 Å². The number of hydrogen-bond donors (Lipinski definition) is 2. The van der Waals surface area contributed by atoms with Gasteiger partial charge in [-0.3, -0.25) is 4.72 Å². The van der Waals surface area contributed by atoms with Gasteiger partial charge in [0.05, 0.1) is 4.90 Å². The molecule has 6 heteroatoms. The summed E-state index contributed by atoms with van der Waals surface area (Å²) in [6, 6.07) is 11.6. The van der Waals surface area contributed by atoms with Gasteiger partial charge in [-0.05, 0) is 55.0 Å². The summed E-state index contributed by atoms with van der Waals surface area (Å²) in [5.74, 6) is 0. The van der Waals surface area contributed by atoms with Crippen molar-refractivity contribution in [1.82, 2.24) is 0 Å². The molecule has 0 fully saturated rings. The summed E-state index contributed by atoms with van der Waals surface area (Å²) < 4.78 is 27.9. The van der Waals surface area contributed by atoms with Crippen LogP contribution in [0.1, 0.15) is 5.56 Å². The molecular formula is C13H13BrN2O2S. The van der Waals surface area contributed by atoms with E-state index in [-0.39, 0.29) is 4.90 Å². The molecule has 0 saturated heterocycles. The van der Waals surface area contributed by atoms with Crippen LogP contribution in [0.4, 0.5) is 11.4 Å². The summed E-state index contributed by atoms with van der Waals surface area (Å²) in [4.78, 5) is 0.226. The van der Waals surface area contributed by atoms with Crippen molar-refractivity contribution in [3.63, 3.8) is 0 Å². The summed E-state index contributed by atoms with van der Waals surface area (Å²) >= 11 is 3.30. The number of aryl methyl sites for hydroxylation is 1. The molecule has 0 saturated carbocycles. The number of anilines is 2. The Morgan fingerprint density at radius 2 is 1.74 bits per heavy atom. The Kier molecular flexibility index (Phi) is 3.82. The fraction of sp³-hybridized carbons (Fsp3) is 0.0769. The minimum atomic E-state index is -3.59. The van der Waals surface area contributed by atoms with Gasteiger partial charge in [0.1, 0.15) is 0 Å². The van der Waals surface area contributed by atoms with Crippen LogP contribution < -0.4 is 10.5 Å². The van der Waals surface area contributed by atoms with E-state index >= 15 is 0 Å². The normalized spacial score (nSPS) is 11.3. The van der Waals surface area contributed by atoms with Crippen molar-refractivity contribution in [2.45, 2.75) is 11.8 Å². The summed E-state index contributed by atoms with van der Waals surface area (Å²) in [7, 11) is -3.59. The topological polar surface area (TPSA) is 72.2 Å². The Hall–Kier alpha value is -1.53. The summed E-state index contributed by atoms with van der Waals surface area (Å²) in [5, 5.41) is 0. The van der Waals surface area contributed by atoms with Crippen LogP contribution in [-0.2, 0) is 10.0 Å². The van der Waals surface area contributed by atoms with Crippen molar-refractivity contribution in [1.29, 1.82) is 0 Å². The van der Waals surface area contributed by atoms with Crippen LogP contribution >= 0.6 is 15.9 Å². The summed E-state index contributed by atoms with van der Waals surface area (Å²) in [6.45, 7) is 1.71. The minimum absolute atomic E-state index is 0.226. The van der Waals surface area contributed by atoms with Crippen molar-refractivity contribution < 1.29 is 8.42 Å². The minimum Gasteiger partial charge on any atom is -0.399 e. The van der Waals surface area contributed by atoms with E-state index in [4.69, 9.17) is 5.73 Å². The van der Waals surface area contributed by atoms with Gasteiger partial charge < -0.3 is 5.73 Å². The van der Waals surface area contributed by atoms with E-state index in [0.717, 1.165) is 4.47 Å². The molecule has 2 aromatic carbocycles. The number of halogens is 1. The summed E-state index contributed by atoms with van der Waals surface area (Å²) in [5.41, 5.74) is 7.29. The average Bonchev–Trinajstić information content (AvgIpc) is 2.31. The third-order valence-electron chi connectivity index (χ3n) is 2.58. The Morgan fingerprint density at radius 3 is 2.32 bits per heavy atom. The molecular weight excluding hydrogens is 328 g/mol. The fourth-order valence-electron chi connectivity index (χ4n) is 1.70. The van der Waals surface area contributed by atoms with Crippen molar-refractivity contribution >= 4 is 37.3 Å². The lowest BCUT2D eigenvalue weighted by molar-refractivity contribution is 0.600.